The highest BCUT2D eigenvalue weighted by atomic mass is 35.5. The quantitative estimate of drug-likeness (QED) is 0.214. The topological polar surface area (TPSA) is 99.8 Å². The number of aryl methyl sites for hydroxylation is 2. The first kappa shape index (κ1) is 24.6. The van der Waals surface area contributed by atoms with E-state index in [2.05, 4.69) is 32.4 Å². The van der Waals surface area contributed by atoms with Crippen LogP contribution in [0.3, 0.4) is 0 Å². The summed E-state index contributed by atoms with van der Waals surface area (Å²) in [5.74, 6) is 0.564. The number of amidine groups is 1. The van der Waals surface area contributed by atoms with Crippen molar-refractivity contribution in [3.63, 3.8) is 0 Å². The number of likely N-dealkylation sites (tertiary alicyclic amines) is 1. The second-order valence-corrected chi connectivity index (χ2v) is 9.73. The van der Waals surface area contributed by atoms with Gasteiger partial charge in [0.25, 0.3) is 5.91 Å². The zero-order valence-corrected chi connectivity index (χ0v) is 21.5. The number of amides is 1. The molecule has 1 aliphatic heterocycles. The van der Waals surface area contributed by atoms with Gasteiger partial charge in [0.05, 0.1) is 11.8 Å². The molecule has 2 N–H and O–H groups in total. The molecule has 1 saturated heterocycles. The molecule has 0 bridgehead atoms. The van der Waals surface area contributed by atoms with E-state index < -0.39 is 0 Å². The van der Waals surface area contributed by atoms with E-state index in [0.717, 1.165) is 53.9 Å². The molecule has 188 valence electrons. The third kappa shape index (κ3) is 5.54. The smallest absolute Gasteiger partial charge is 0.257 e. The van der Waals surface area contributed by atoms with Crippen LogP contribution in [0.1, 0.15) is 45.9 Å². The minimum Gasteiger partial charge on any atom is -0.357 e. The van der Waals surface area contributed by atoms with Crippen LogP contribution in [0.5, 0.6) is 0 Å². The van der Waals surface area contributed by atoms with E-state index in [9.17, 15) is 4.79 Å². The lowest BCUT2D eigenvalue weighted by molar-refractivity contribution is 0.102. The zero-order chi connectivity index (χ0) is 25.9. The van der Waals surface area contributed by atoms with E-state index in [1.807, 2.05) is 50.8 Å². The molecule has 0 aliphatic carbocycles. The number of piperidine rings is 1. The van der Waals surface area contributed by atoms with Crippen molar-refractivity contribution in [1.82, 2.24) is 24.6 Å². The molecule has 1 aromatic carbocycles. The molecule has 37 heavy (non-hydrogen) atoms. The van der Waals surface area contributed by atoms with Gasteiger partial charge in [0.15, 0.2) is 0 Å². The summed E-state index contributed by atoms with van der Waals surface area (Å²) in [7, 11) is 1.91. The Balaban J connectivity index is 1.21. The van der Waals surface area contributed by atoms with Crippen LogP contribution in [0.2, 0.25) is 5.15 Å². The second kappa shape index (κ2) is 10.5. The van der Waals surface area contributed by atoms with Crippen LogP contribution in [0, 0.1) is 12.3 Å². The van der Waals surface area contributed by atoms with Crippen molar-refractivity contribution in [1.29, 1.82) is 5.41 Å². The SMILES string of the molecule is Cc1ccc(C(=N)N2CCC(c3ccc(-c4cnn(C)c4)cn3)CC2)cc1NC(=O)c1ccc(Cl)nc1. The van der Waals surface area contributed by atoms with E-state index >= 15 is 0 Å². The normalized spacial score (nSPS) is 14.0. The van der Waals surface area contributed by atoms with Gasteiger partial charge >= 0.3 is 0 Å². The molecule has 8 nitrogen and oxygen atoms in total. The molecule has 4 heterocycles. The number of anilines is 1. The molecule has 0 radical (unpaired) electrons. The highest BCUT2D eigenvalue weighted by Crippen LogP contribution is 2.29. The van der Waals surface area contributed by atoms with Crippen molar-refractivity contribution in [3.8, 4) is 11.1 Å². The van der Waals surface area contributed by atoms with Gasteiger partial charge in [0.2, 0.25) is 0 Å². The molecule has 4 aromatic rings. The van der Waals surface area contributed by atoms with Gasteiger partial charge in [0.1, 0.15) is 11.0 Å². The van der Waals surface area contributed by atoms with Crippen LogP contribution in [0.15, 0.2) is 67.3 Å². The molecule has 0 unspecified atom stereocenters. The van der Waals surface area contributed by atoms with Crippen molar-refractivity contribution < 1.29 is 4.79 Å². The molecule has 0 atom stereocenters. The first-order chi connectivity index (χ1) is 17.9. The molecular weight excluding hydrogens is 486 g/mol. The van der Waals surface area contributed by atoms with E-state index in [1.54, 1.807) is 16.8 Å². The number of rotatable bonds is 5. The number of carbonyl (C=O) groups is 1. The first-order valence-corrected chi connectivity index (χ1v) is 12.6. The van der Waals surface area contributed by atoms with Gasteiger partial charge in [-0.2, -0.15) is 5.10 Å². The summed E-state index contributed by atoms with van der Waals surface area (Å²) < 4.78 is 1.79. The Kier molecular flexibility index (Phi) is 7.01. The van der Waals surface area contributed by atoms with E-state index in [-0.39, 0.29) is 5.91 Å². The number of hydrogen-bond acceptors (Lipinski definition) is 5. The van der Waals surface area contributed by atoms with Crippen molar-refractivity contribution in [2.45, 2.75) is 25.7 Å². The highest BCUT2D eigenvalue weighted by molar-refractivity contribution is 6.29. The van der Waals surface area contributed by atoms with E-state index in [1.165, 1.54) is 6.20 Å². The van der Waals surface area contributed by atoms with Crippen molar-refractivity contribution >= 4 is 29.0 Å². The van der Waals surface area contributed by atoms with E-state index in [0.29, 0.717) is 28.2 Å². The Hall–Kier alpha value is -4.04. The van der Waals surface area contributed by atoms with E-state index in [4.69, 9.17) is 22.0 Å². The van der Waals surface area contributed by atoms with Crippen LogP contribution in [-0.4, -0.2) is 49.5 Å². The summed E-state index contributed by atoms with van der Waals surface area (Å²) in [5, 5.41) is 16.3. The van der Waals surface area contributed by atoms with Gasteiger partial charge in [-0.05, 0) is 49.6 Å². The predicted molar refractivity (Wildman–Crippen MR) is 145 cm³/mol. The lowest BCUT2D eigenvalue weighted by atomic mass is 9.92. The summed E-state index contributed by atoms with van der Waals surface area (Å²) in [6.45, 7) is 3.49. The minimum atomic E-state index is -0.265. The van der Waals surface area contributed by atoms with Crippen LogP contribution >= 0.6 is 11.6 Å². The van der Waals surface area contributed by atoms with Crippen molar-refractivity contribution in [2.75, 3.05) is 18.4 Å². The zero-order valence-electron chi connectivity index (χ0n) is 20.8. The number of nitrogens with one attached hydrogen (secondary N) is 2. The van der Waals surface area contributed by atoms with Gasteiger partial charge in [-0.25, -0.2) is 4.98 Å². The van der Waals surface area contributed by atoms with Crippen LogP contribution < -0.4 is 5.32 Å². The highest BCUT2D eigenvalue weighted by Gasteiger charge is 2.24. The van der Waals surface area contributed by atoms with Crippen molar-refractivity contribution in [2.24, 2.45) is 7.05 Å². The van der Waals surface area contributed by atoms with Crippen LogP contribution in [0.4, 0.5) is 5.69 Å². The number of benzene rings is 1. The standard InChI is InChI=1S/C28H28ClN7O/c1-18-3-4-20(13-25(18)34-28(37)22-6-8-26(29)32-15-22)27(30)36-11-9-19(10-12-36)24-7-5-21(14-31-24)23-16-33-35(2)17-23/h3-8,13-17,19,30H,9-12H2,1-2H3,(H,34,37). The largest absolute Gasteiger partial charge is 0.357 e. The number of aromatic nitrogens is 4. The lowest BCUT2D eigenvalue weighted by Crippen LogP contribution is -2.38. The summed E-state index contributed by atoms with van der Waals surface area (Å²) in [4.78, 5) is 23.5. The first-order valence-electron chi connectivity index (χ1n) is 12.2. The molecule has 1 amide bonds. The number of pyridine rings is 2. The average molecular weight is 514 g/mol. The van der Waals surface area contributed by atoms with Crippen LogP contribution in [-0.2, 0) is 7.05 Å². The summed E-state index contributed by atoms with van der Waals surface area (Å²) in [6, 6.07) is 13.2. The fourth-order valence-electron chi connectivity index (χ4n) is 4.58. The number of halogens is 1. The fourth-order valence-corrected chi connectivity index (χ4v) is 4.69. The minimum absolute atomic E-state index is 0.265. The maximum Gasteiger partial charge on any atom is 0.257 e. The molecule has 0 saturated carbocycles. The molecule has 0 spiro atoms. The fraction of sp³-hybridized carbons (Fsp3) is 0.250. The molecular formula is C28H28ClN7O. The Morgan fingerprint density at radius 1 is 1.00 bits per heavy atom. The van der Waals surface area contributed by atoms with Gasteiger partial charge in [-0.3, -0.25) is 19.9 Å². The van der Waals surface area contributed by atoms with Crippen LogP contribution in [0.25, 0.3) is 11.1 Å². The van der Waals surface area contributed by atoms with Gasteiger partial charge < -0.3 is 10.2 Å². The maximum absolute atomic E-state index is 12.7. The van der Waals surface area contributed by atoms with Gasteiger partial charge in [-0.1, -0.05) is 29.8 Å². The summed E-state index contributed by atoms with van der Waals surface area (Å²) in [5.41, 5.74) is 6.01. The molecule has 5 rings (SSSR count). The summed E-state index contributed by atoms with van der Waals surface area (Å²) >= 11 is 5.83. The Morgan fingerprint density at radius 3 is 2.43 bits per heavy atom. The predicted octanol–water partition coefficient (Wildman–Crippen LogP) is 5.30. The third-order valence-electron chi connectivity index (χ3n) is 6.80. The Labute approximate surface area is 220 Å². The summed E-state index contributed by atoms with van der Waals surface area (Å²) in [6.07, 6.45) is 9.06. The number of nitrogens with zero attached hydrogens (tertiary/aromatic N) is 5. The molecule has 9 heteroatoms. The van der Waals surface area contributed by atoms with Gasteiger partial charge in [-0.15, -0.1) is 0 Å². The Morgan fingerprint density at radius 2 is 1.78 bits per heavy atom. The third-order valence-corrected chi connectivity index (χ3v) is 7.03. The molecule has 1 fully saturated rings. The maximum atomic E-state index is 12.7. The Bertz CT molecular complexity index is 1420. The number of hydrogen-bond donors (Lipinski definition) is 2. The number of carbonyl (C=O) groups excluding carboxylic acids is 1. The average Bonchev–Trinajstić information content (AvgIpc) is 3.36. The monoisotopic (exact) mass is 513 g/mol. The molecule has 3 aromatic heterocycles. The lowest BCUT2D eigenvalue weighted by Gasteiger charge is -2.33. The van der Waals surface area contributed by atoms with Gasteiger partial charge in [0, 0.05) is 72.7 Å². The molecule has 1 aliphatic rings. The second-order valence-electron chi connectivity index (χ2n) is 9.34. The van der Waals surface area contributed by atoms with Crippen molar-refractivity contribution in [3.05, 3.63) is 94.8 Å².